The molecular formula is C25H25N3O3. The number of ether oxygens (including phenoxy) is 2. The SMILES string of the molecule is COc1cc(-n2cnc(-c3ccc(N(C)C)cc3)c2-c2ccccc2)cc(OC)c1O. The number of hydrogen-bond donors (Lipinski definition) is 1. The van der Waals surface area contributed by atoms with Gasteiger partial charge in [-0.2, -0.15) is 0 Å². The number of imidazole rings is 1. The summed E-state index contributed by atoms with van der Waals surface area (Å²) in [6, 6.07) is 22.0. The minimum Gasteiger partial charge on any atom is -0.502 e. The van der Waals surface area contributed by atoms with Crippen molar-refractivity contribution in [2.45, 2.75) is 0 Å². The Balaban J connectivity index is 1.93. The summed E-state index contributed by atoms with van der Waals surface area (Å²) < 4.78 is 12.7. The highest BCUT2D eigenvalue weighted by atomic mass is 16.5. The van der Waals surface area contributed by atoms with Gasteiger partial charge in [0.2, 0.25) is 5.75 Å². The standard InChI is InChI=1S/C25H25N3O3/c1-27(2)19-12-10-17(11-13-19)23-24(18-8-6-5-7-9-18)28(16-26-23)20-14-21(30-3)25(29)22(15-20)31-4/h5-16,29H,1-4H3. The summed E-state index contributed by atoms with van der Waals surface area (Å²) in [6.45, 7) is 0. The van der Waals surface area contributed by atoms with Crippen LogP contribution in [0, 0.1) is 0 Å². The van der Waals surface area contributed by atoms with Gasteiger partial charge in [0.15, 0.2) is 11.5 Å². The topological polar surface area (TPSA) is 59.8 Å². The largest absolute Gasteiger partial charge is 0.502 e. The fourth-order valence-electron chi connectivity index (χ4n) is 3.56. The summed E-state index contributed by atoms with van der Waals surface area (Å²) in [5.74, 6) is 0.632. The van der Waals surface area contributed by atoms with Gasteiger partial charge in [0.05, 0.1) is 31.3 Å². The summed E-state index contributed by atoms with van der Waals surface area (Å²) >= 11 is 0. The average Bonchev–Trinajstić information content (AvgIpc) is 3.25. The fourth-order valence-corrected chi connectivity index (χ4v) is 3.56. The Bertz CT molecular complexity index is 1160. The number of anilines is 1. The maximum atomic E-state index is 10.3. The Morgan fingerprint density at radius 1 is 0.839 bits per heavy atom. The molecule has 3 aromatic carbocycles. The van der Waals surface area contributed by atoms with Gasteiger partial charge in [-0.15, -0.1) is 0 Å². The second-order valence-corrected chi connectivity index (χ2v) is 7.32. The quantitative estimate of drug-likeness (QED) is 0.480. The van der Waals surface area contributed by atoms with Gasteiger partial charge in [0, 0.05) is 43.0 Å². The number of benzene rings is 3. The van der Waals surface area contributed by atoms with Gasteiger partial charge in [-0.25, -0.2) is 4.98 Å². The molecule has 1 aromatic heterocycles. The summed E-state index contributed by atoms with van der Waals surface area (Å²) in [7, 11) is 7.07. The number of aromatic nitrogens is 2. The molecule has 0 atom stereocenters. The second-order valence-electron chi connectivity index (χ2n) is 7.32. The van der Waals surface area contributed by atoms with Crippen LogP contribution in [0.3, 0.4) is 0 Å². The zero-order chi connectivity index (χ0) is 22.0. The Kier molecular flexibility index (Phi) is 5.54. The van der Waals surface area contributed by atoms with Crippen LogP contribution >= 0.6 is 0 Å². The van der Waals surface area contributed by atoms with Crippen LogP contribution in [0.5, 0.6) is 17.2 Å². The van der Waals surface area contributed by atoms with Crippen LogP contribution in [0.15, 0.2) is 73.1 Å². The van der Waals surface area contributed by atoms with Gasteiger partial charge in [-0.05, 0) is 12.1 Å². The molecule has 0 aliphatic rings. The van der Waals surface area contributed by atoms with Crippen molar-refractivity contribution < 1.29 is 14.6 Å². The molecule has 31 heavy (non-hydrogen) atoms. The number of hydrogen-bond acceptors (Lipinski definition) is 5. The Morgan fingerprint density at radius 2 is 1.45 bits per heavy atom. The first-order valence-electron chi connectivity index (χ1n) is 9.89. The van der Waals surface area contributed by atoms with Crippen molar-refractivity contribution in [3.05, 3.63) is 73.1 Å². The minimum absolute atomic E-state index is 0.0328. The number of aromatic hydroxyl groups is 1. The van der Waals surface area contributed by atoms with E-state index in [2.05, 4.69) is 41.3 Å². The summed E-state index contributed by atoms with van der Waals surface area (Å²) in [6.07, 6.45) is 1.78. The molecule has 4 aromatic rings. The summed E-state index contributed by atoms with van der Waals surface area (Å²) in [5.41, 5.74) is 5.74. The Labute approximate surface area is 181 Å². The molecule has 0 aliphatic heterocycles. The Morgan fingerprint density at radius 3 is 2.00 bits per heavy atom. The van der Waals surface area contributed by atoms with E-state index in [0.29, 0.717) is 11.5 Å². The summed E-state index contributed by atoms with van der Waals surface area (Å²) in [5, 5.41) is 10.3. The first kappa shape index (κ1) is 20.3. The van der Waals surface area contributed by atoms with Crippen LogP contribution in [0.4, 0.5) is 5.69 Å². The fraction of sp³-hybridized carbons (Fsp3) is 0.160. The number of rotatable bonds is 6. The van der Waals surface area contributed by atoms with Crippen LogP contribution in [-0.4, -0.2) is 43.0 Å². The zero-order valence-corrected chi connectivity index (χ0v) is 18.0. The molecule has 0 spiro atoms. The molecule has 158 valence electrons. The van der Waals surface area contributed by atoms with E-state index in [0.717, 1.165) is 33.9 Å². The molecule has 6 heteroatoms. The first-order chi connectivity index (χ1) is 15.0. The highest BCUT2D eigenvalue weighted by molar-refractivity contribution is 5.81. The van der Waals surface area contributed by atoms with Gasteiger partial charge in [-0.1, -0.05) is 42.5 Å². The maximum Gasteiger partial charge on any atom is 0.200 e. The third kappa shape index (κ3) is 3.80. The molecule has 0 amide bonds. The molecule has 0 saturated carbocycles. The average molecular weight is 415 g/mol. The second kappa shape index (κ2) is 8.44. The van der Waals surface area contributed by atoms with Crippen LogP contribution in [0.2, 0.25) is 0 Å². The van der Waals surface area contributed by atoms with E-state index < -0.39 is 0 Å². The van der Waals surface area contributed by atoms with E-state index in [9.17, 15) is 5.11 Å². The minimum atomic E-state index is -0.0328. The van der Waals surface area contributed by atoms with Gasteiger partial charge >= 0.3 is 0 Å². The number of phenolic OH excluding ortho intramolecular Hbond substituents is 1. The zero-order valence-electron chi connectivity index (χ0n) is 18.0. The van der Waals surface area contributed by atoms with Gasteiger partial charge in [0.25, 0.3) is 0 Å². The van der Waals surface area contributed by atoms with E-state index in [4.69, 9.17) is 14.5 Å². The highest BCUT2D eigenvalue weighted by Gasteiger charge is 2.19. The molecule has 0 saturated heterocycles. The lowest BCUT2D eigenvalue weighted by atomic mass is 10.0. The van der Waals surface area contributed by atoms with Crippen LogP contribution < -0.4 is 14.4 Å². The van der Waals surface area contributed by atoms with Crippen molar-refractivity contribution in [1.82, 2.24) is 9.55 Å². The van der Waals surface area contributed by atoms with Gasteiger partial charge in [-0.3, -0.25) is 4.57 Å². The molecule has 0 aliphatic carbocycles. The lowest BCUT2D eigenvalue weighted by Gasteiger charge is -2.15. The predicted octanol–water partition coefficient (Wildman–Crippen LogP) is 5.00. The third-order valence-corrected chi connectivity index (χ3v) is 5.21. The van der Waals surface area contributed by atoms with Crippen molar-refractivity contribution in [3.63, 3.8) is 0 Å². The molecule has 1 N–H and O–H groups in total. The van der Waals surface area contributed by atoms with Crippen LogP contribution in [0.1, 0.15) is 0 Å². The lowest BCUT2D eigenvalue weighted by Crippen LogP contribution is -2.07. The Hall–Kier alpha value is -3.93. The van der Waals surface area contributed by atoms with Crippen molar-refractivity contribution >= 4 is 5.69 Å². The van der Waals surface area contributed by atoms with Crippen LogP contribution in [-0.2, 0) is 0 Å². The van der Waals surface area contributed by atoms with Crippen LogP contribution in [0.25, 0.3) is 28.2 Å². The van der Waals surface area contributed by atoms with Crippen molar-refractivity contribution in [2.24, 2.45) is 0 Å². The molecule has 4 rings (SSSR count). The van der Waals surface area contributed by atoms with E-state index in [1.807, 2.05) is 36.9 Å². The van der Waals surface area contributed by atoms with Gasteiger partial charge < -0.3 is 19.5 Å². The smallest absolute Gasteiger partial charge is 0.200 e. The summed E-state index contributed by atoms with van der Waals surface area (Å²) in [4.78, 5) is 6.82. The normalized spacial score (nSPS) is 10.7. The van der Waals surface area contributed by atoms with Crippen molar-refractivity contribution in [1.29, 1.82) is 0 Å². The van der Waals surface area contributed by atoms with E-state index in [-0.39, 0.29) is 5.75 Å². The predicted molar refractivity (Wildman–Crippen MR) is 124 cm³/mol. The lowest BCUT2D eigenvalue weighted by molar-refractivity contribution is 0.339. The van der Waals surface area contributed by atoms with E-state index in [1.165, 1.54) is 14.2 Å². The highest BCUT2D eigenvalue weighted by Crippen LogP contribution is 2.40. The molecule has 0 bridgehead atoms. The monoisotopic (exact) mass is 415 g/mol. The van der Waals surface area contributed by atoms with Crippen molar-refractivity contribution in [3.8, 4) is 45.5 Å². The molecule has 0 fully saturated rings. The van der Waals surface area contributed by atoms with E-state index >= 15 is 0 Å². The van der Waals surface area contributed by atoms with Crippen molar-refractivity contribution in [2.75, 3.05) is 33.2 Å². The molecule has 1 heterocycles. The number of methoxy groups -OCH3 is 2. The first-order valence-corrected chi connectivity index (χ1v) is 9.89. The van der Waals surface area contributed by atoms with E-state index in [1.54, 1.807) is 18.5 Å². The molecule has 6 nitrogen and oxygen atoms in total. The molecule has 0 radical (unpaired) electrons. The number of nitrogens with zero attached hydrogens (tertiary/aromatic N) is 3. The maximum absolute atomic E-state index is 10.3. The number of phenols is 1. The van der Waals surface area contributed by atoms with Gasteiger partial charge in [0.1, 0.15) is 6.33 Å². The molecule has 0 unspecified atom stereocenters. The molecular weight excluding hydrogens is 390 g/mol. The third-order valence-electron chi connectivity index (χ3n) is 5.21.